The van der Waals surface area contributed by atoms with Gasteiger partial charge in [0.05, 0.1) is 7.11 Å². The summed E-state index contributed by atoms with van der Waals surface area (Å²) in [7, 11) is 1.60. The van der Waals surface area contributed by atoms with E-state index < -0.39 is 6.61 Å². The van der Waals surface area contributed by atoms with Gasteiger partial charge in [0.15, 0.2) is 5.82 Å². The number of halogens is 2. The van der Waals surface area contributed by atoms with Crippen molar-refractivity contribution < 1.29 is 18.3 Å². The van der Waals surface area contributed by atoms with Gasteiger partial charge in [-0.1, -0.05) is 23.9 Å². The molecule has 1 unspecified atom stereocenters. The molecule has 0 aliphatic heterocycles. The Bertz CT molecular complexity index is 885. The fourth-order valence-corrected chi connectivity index (χ4v) is 3.34. The quantitative estimate of drug-likeness (QED) is 0.482. The Morgan fingerprint density at radius 3 is 2.22 bits per heavy atom. The van der Waals surface area contributed by atoms with Gasteiger partial charge in [-0.2, -0.15) is 8.78 Å². The van der Waals surface area contributed by atoms with Gasteiger partial charge in [-0.3, -0.25) is 0 Å². The molecular formula is C18H18F2N4O2S. The van der Waals surface area contributed by atoms with E-state index in [9.17, 15) is 8.78 Å². The van der Waals surface area contributed by atoms with E-state index in [0.29, 0.717) is 11.0 Å². The number of ether oxygens (including phenoxy) is 2. The molecule has 142 valence electrons. The molecule has 0 aliphatic rings. The Balaban J connectivity index is 1.72. The van der Waals surface area contributed by atoms with Crippen LogP contribution in [0.5, 0.6) is 11.5 Å². The van der Waals surface area contributed by atoms with Crippen molar-refractivity contribution in [1.82, 2.24) is 14.9 Å². The van der Waals surface area contributed by atoms with Crippen LogP contribution in [0.4, 0.5) is 8.78 Å². The summed E-state index contributed by atoms with van der Waals surface area (Å²) < 4.78 is 35.4. The molecule has 2 N–H and O–H groups in total. The second kappa shape index (κ2) is 8.26. The standard InChI is InChI=1S/C18H18F2N4O2S/c1-11(12-3-9-15(10-4-12)26-17(19)20)27-18-23-22-16(24(18)21)13-5-7-14(25-2)8-6-13/h3-11,17H,21H2,1-2H3. The largest absolute Gasteiger partial charge is 0.497 e. The molecule has 0 saturated heterocycles. The zero-order chi connectivity index (χ0) is 19.4. The SMILES string of the molecule is COc1ccc(-c2nnc(SC(C)c3ccc(OC(F)F)cc3)n2N)cc1. The zero-order valence-electron chi connectivity index (χ0n) is 14.7. The van der Waals surface area contributed by atoms with Gasteiger partial charge in [-0.25, -0.2) is 4.68 Å². The van der Waals surface area contributed by atoms with Crippen molar-refractivity contribution in [2.45, 2.75) is 23.9 Å². The lowest BCUT2D eigenvalue weighted by Gasteiger charge is -2.12. The molecule has 3 aromatic rings. The minimum absolute atomic E-state index is 0.0131. The first-order valence-electron chi connectivity index (χ1n) is 8.04. The van der Waals surface area contributed by atoms with E-state index in [2.05, 4.69) is 14.9 Å². The van der Waals surface area contributed by atoms with Crippen LogP contribution in [-0.2, 0) is 0 Å². The monoisotopic (exact) mass is 392 g/mol. The molecule has 27 heavy (non-hydrogen) atoms. The number of hydrogen-bond acceptors (Lipinski definition) is 6. The molecule has 1 aromatic heterocycles. The number of nitrogen functional groups attached to an aromatic ring is 1. The fraction of sp³-hybridized carbons (Fsp3) is 0.222. The molecule has 1 heterocycles. The highest BCUT2D eigenvalue weighted by molar-refractivity contribution is 7.99. The lowest BCUT2D eigenvalue weighted by Crippen LogP contribution is -2.12. The number of benzene rings is 2. The molecular weight excluding hydrogens is 374 g/mol. The molecule has 0 saturated carbocycles. The van der Waals surface area contributed by atoms with Crippen molar-refractivity contribution >= 4 is 11.8 Å². The first-order chi connectivity index (χ1) is 13.0. The van der Waals surface area contributed by atoms with Crippen molar-refractivity contribution in [3.05, 3.63) is 54.1 Å². The van der Waals surface area contributed by atoms with Crippen LogP contribution in [0.1, 0.15) is 17.7 Å². The van der Waals surface area contributed by atoms with E-state index in [1.807, 2.05) is 31.2 Å². The summed E-state index contributed by atoms with van der Waals surface area (Å²) in [6, 6.07) is 13.8. The second-order valence-electron chi connectivity index (χ2n) is 5.61. The summed E-state index contributed by atoms with van der Waals surface area (Å²) in [6.07, 6.45) is 0. The Morgan fingerprint density at radius 1 is 1.00 bits per heavy atom. The summed E-state index contributed by atoms with van der Waals surface area (Å²) >= 11 is 1.42. The van der Waals surface area contributed by atoms with E-state index in [4.69, 9.17) is 10.6 Å². The summed E-state index contributed by atoms with van der Waals surface area (Å²) in [5.74, 6) is 7.54. The number of thioether (sulfide) groups is 1. The van der Waals surface area contributed by atoms with Crippen molar-refractivity contribution in [1.29, 1.82) is 0 Å². The van der Waals surface area contributed by atoms with Crippen molar-refractivity contribution in [2.24, 2.45) is 0 Å². The van der Waals surface area contributed by atoms with Gasteiger partial charge in [-0.05, 0) is 48.9 Å². The van der Waals surface area contributed by atoms with Gasteiger partial charge >= 0.3 is 6.61 Å². The third-order valence-electron chi connectivity index (χ3n) is 3.87. The molecule has 0 bridgehead atoms. The van der Waals surface area contributed by atoms with Crippen LogP contribution in [0.15, 0.2) is 53.7 Å². The molecule has 0 radical (unpaired) electrons. The Kier molecular flexibility index (Phi) is 5.80. The summed E-state index contributed by atoms with van der Waals surface area (Å²) in [5, 5.41) is 8.84. The summed E-state index contributed by atoms with van der Waals surface area (Å²) in [4.78, 5) is 0. The number of alkyl halides is 2. The summed E-state index contributed by atoms with van der Waals surface area (Å²) in [5.41, 5.74) is 1.74. The zero-order valence-corrected chi connectivity index (χ0v) is 15.5. The number of aromatic nitrogens is 3. The van der Waals surface area contributed by atoms with Crippen LogP contribution in [0.25, 0.3) is 11.4 Å². The van der Waals surface area contributed by atoms with Crippen molar-refractivity contribution in [3.8, 4) is 22.9 Å². The van der Waals surface area contributed by atoms with Gasteiger partial charge in [0.25, 0.3) is 0 Å². The Morgan fingerprint density at radius 2 is 1.63 bits per heavy atom. The lowest BCUT2D eigenvalue weighted by atomic mass is 10.2. The normalized spacial score (nSPS) is 12.2. The minimum atomic E-state index is -2.84. The fourth-order valence-electron chi connectivity index (χ4n) is 2.44. The molecule has 0 amide bonds. The molecule has 2 aromatic carbocycles. The maximum absolute atomic E-state index is 12.2. The first-order valence-corrected chi connectivity index (χ1v) is 8.92. The molecule has 0 fully saturated rings. The minimum Gasteiger partial charge on any atom is -0.497 e. The van der Waals surface area contributed by atoms with Gasteiger partial charge in [-0.15, -0.1) is 10.2 Å². The third-order valence-corrected chi connectivity index (χ3v) is 4.98. The number of nitrogens with zero attached hydrogens (tertiary/aromatic N) is 3. The van der Waals surface area contributed by atoms with E-state index in [1.54, 1.807) is 19.2 Å². The highest BCUT2D eigenvalue weighted by atomic mass is 32.2. The average Bonchev–Trinajstić information content (AvgIpc) is 3.02. The lowest BCUT2D eigenvalue weighted by molar-refractivity contribution is -0.0498. The predicted octanol–water partition coefficient (Wildman–Crippen LogP) is 4.12. The van der Waals surface area contributed by atoms with Crippen molar-refractivity contribution in [3.63, 3.8) is 0 Å². The number of hydrogen-bond donors (Lipinski definition) is 1. The highest BCUT2D eigenvalue weighted by Gasteiger charge is 2.16. The van der Waals surface area contributed by atoms with Crippen LogP contribution in [0, 0.1) is 0 Å². The van der Waals surface area contributed by atoms with E-state index in [1.165, 1.54) is 28.6 Å². The molecule has 0 aliphatic carbocycles. The maximum Gasteiger partial charge on any atom is 0.387 e. The number of nitrogens with two attached hydrogens (primary N) is 1. The highest BCUT2D eigenvalue weighted by Crippen LogP contribution is 2.35. The average molecular weight is 392 g/mol. The first kappa shape index (κ1) is 19.0. The number of methoxy groups -OCH3 is 1. The second-order valence-corrected chi connectivity index (χ2v) is 6.92. The number of rotatable bonds is 7. The van der Waals surface area contributed by atoms with Gasteiger partial charge in [0.2, 0.25) is 5.16 Å². The van der Waals surface area contributed by atoms with Crippen LogP contribution >= 0.6 is 11.8 Å². The molecule has 0 spiro atoms. The van der Waals surface area contributed by atoms with Gasteiger partial charge in [0.1, 0.15) is 11.5 Å². The Hall–Kier alpha value is -2.81. The maximum atomic E-state index is 12.2. The molecule has 9 heteroatoms. The van der Waals surface area contributed by atoms with E-state index >= 15 is 0 Å². The predicted molar refractivity (Wildman–Crippen MR) is 99.5 cm³/mol. The topological polar surface area (TPSA) is 75.2 Å². The van der Waals surface area contributed by atoms with Crippen LogP contribution < -0.4 is 15.3 Å². The summed E-state index contributed by atoms with van der Waals surface area (Å²) in [6.45, 7) is -0.870. The van der Waals surface area contributed by atoms with E-state index in [-0.39, 0.29) is 11.0 Å². The molecule has 6 nitrogen and oxygen atoms in total. The molecule has 3 rings (SSSR count). The van der Waals surface area contributed by atoms with Crippen LogP contribution in [-0.4, -0.2) is 28.6 Å². The third kappa shape index (κ3) is 4.48. The van der Waals surface area contributed by atoms with Crippen LogP contribution in [0.2, 0.25) is 0 Å². The van der Waals surface area contributed by atoms with Crippen LogP contribution in [0.3, 0.4) is 0 Å². The Labute approximate surface area is 159 Å². The van der Waals surface area contributed by atoms with Gasteiger partial charge < -0.3 is 15.3 Å². The molecule has 1 atom stereocenters. The van der Waals surface area contributed by atoms with E-state index in [0.717, 1.165) is 16.9 Å². The van der Waals surface area contributed by atoms with Crippen molar-refractivity contribution in [2.75, 3.05) is 13.0 Å². The van der Waals surface area contributed by atoms with Gasteiger partial charge in [0, 0.05) is 10.8 Å². The smallest absolute Gasteiger partial charge is 0.387 e.